The monoisotopic (exact) mass is 282 g/mol. The number of anilines is 1. The van der Waals surface area contributed by atoms with Crippen molar-refractivity contribution in [2.75, 3.05) is 12.3 Å². The zero-order valence-electron chi connectivity index (χ0n) is 11.6. The molecular weight excluding hydrogens is 260 g/mol. The smallest absolute Gasteiger partial charge is 0.243 e. The predicted octanol–water partition coefficient (Wildman–Crippen LogP) is 2.53. The molecule has 106 valence electrons. The lowest BCUT2D eigenvalue weighted by molar-refractivity contribution is 0.342. The summed E-state index contributed by atoms with van der Waals surface area (Å²) in [5, 5.41) is 0. The minimum Gasteiger partial charge on any atom is -0.398 e. The Morgan fingerprint density at radius 3 is 2.68 bits per heavy atom. The fourth-order valence-corrected chi connectivity index (χ4v) is 4.26. The molecule has 1 fully saturated rings. The van der Waals surface area contributed by atoms with E-state index in [9.17, 15) is 8.42 Å². The SMILES string of the molecule is Cc1ccc(S(=O)(=O)N2CCCCCC2C)cc1N. The van der Waals surface area contributed by atoms with Crippen molar-refractivity contribution in [3.63, 3.8) is 0 Å². The molecule has 1 aromatic carbocycles. The van der Waals surface area contributed by atoms with E-state index in [0.717, 1.165) is 31.2 Å². The first kappa shape index (κ1) is 14.3. The molecule has 1 unspecified atom stereocenters. The third-order valence-electron chi connectivity index (χ3n) is 3.85. The maximum atomic E-state index is 12.7. The molecule has 0 radical (unpaired) electrons. The van der Waals surface area contributed by atoms with E-state index in [1.807, 2.05) is 13.8 Å². The van der Waals surface area contributed by atoms with Crippen molar-refractivity contribution < 1.29 is 8.42 Å². The second-order valence-corrected chi connectivity index (χ2v) is 7.22. The van der Waals surface area contributed by atoms with E-state index in [-0.39, 0.29) is 6.04 Å². The molecule has 5 heteroatoms. The molecule has 1 atom stereocenters. The van der Waals surface area contributed by atoms with Crippen LogP contribution < -0.4 is 5.73 Å². The number of nitrogen functional groups attached to an aromatic ring is 1. The Balaban J connectivity index is 2.37. The highest BCUT2D eigenvalue weighted by Gasteiger charge is 2.30. The first-order valence-electron chi connectivity index (χ1n) is 6.81. The van der Waals surface area contributed by atoms with Crippen molar-refractivity contribution in [1.29, 1.82) is 0 Å². The van der Waals surface area contributed by atoms with Crippen LogP contribution in [-0.4, -0.2) is 25.3 Å². The molecule has 1 heterocycles. The van der Waals surface area contributed by atoms with Crippen molar-refractivity contribution in [2.24, 2.45) is 0 Å². The maximum absolute atomic E-state index is 12.7. The molecule has 2 rings (SSSR count). The van der Waals surface area contributed by atoms with Crippen LogP contribution in [0.2, 0.25) is 0 Å². The molecule has 0 aliphatic carbocycles. The van der Waals surface area contributed by atoms with Crippen molar-refractivity contribution in [2.45, 2.75) is 50.5 Å². The van der Waals surface area contributed by atoms with Crippen molar-refractivity contribution in [3.8, 4) is 0 Å². The molecule has 1 aliphatic heterocycles. The van der Waals surface area contributed by atoms with Crippen LogP contribution in [0.25, 0.3) is 0 Å². The molecule has 1 aliphatic rings. The predicted molar refractivity (Wildman–Crippen MR) is 77.4 cm³/mol. The van der Waals surface area contributed by atoms with Crippen LogP contribution in [0.4, 0.5) is 5.69 Å². The van der Waals surface area contributed by atoms with Gasteiger partial charge < -0.3 is 5.73 Å². The first-order valence-corrected chi connectivity index (χ1v) is 8.25. The van der Waals surface area contributed by atoms with E-state index in [0.29, 0.717) is 17.1 Å². The number of aryl methyl sites for hydroxylation is 1. The standard InChI is InChI=1S/C14H22N2O2S/c1-11-7-8-13(10-14(11)15)19(17,18)16-9-5-3-4-6-12(16)2/h7-8,10,12H,3-6,9,15H2,1-2H3. The molecule has 0 spiro atoms. The lowest BCUT2D eigenvalue weighted by atomic mass is 10.1. The Labute approximate surface area is 115 Å². The number of sulfonamides is 1. The van der Waals surface area contributed by atoms with E-state index in [1.54, 1.807) is 22.5 Å². The Morgan fingerprint density at radius 1 is 1.26 bits per heavy atom. The summed E-state index contributed by atoms with van der Waals surface area (Å²) in [6.07, 6.45) is 4.07. The van der Waals surface area contributed by atoms with E-state index >= 15 is 0 Å². The number of nitrogens with two attached hydrogens (primary N) is 1. The van der Waals surface area contributed by atoms with Gasteiger partial charge in [-0.25, -0.2) is 8.42 Å². The Bertz CT molecular complexity index is 555. The van der Waals surface area contributed by atoms with Gasteiger partial charge in [0.2, 0.25) is 10.0 Å². The molecule has 0 amide bonds. The summed E-state index contributed by atoms with van der Waals surface area (Å²) in [5.41, 5.74) is 7.27. The summed E-state index contributed by atoms with van der Waals surface area (Å²) < 4.78 is 27.0. The summed E-state index contributed by atoms with van der Waals surface area (Å²) >= 11 is 0. The molecule has 19 heavy (non-hydrogen) atoms. The molecular formula is C14H22N2O2S. The van der Waals surface area contributed by atoms with Crippen molar-refractivity contribution in [3.05, 3.63) is 23.8 Å². The lowest BCUT2D eigenvalue weighted by Gasteiger charge is -2.26. The van der Waals surface area contributed by atoms with Gasteiger partial charge in [-0.3, -0.25) is 0 Å². The largest absolute Gasteiger partial charge is 0.398 e. The van der Waals surface area contributed by atoms with Crippen LogP contribution in [0.1, 0.15) is 38.2 Å². The van der Waals surface area contributed by atoms with Gasteiger partial charge in [0.25, 0.3) is 0 Å². The fourth-order valence-electron chi connectivity index (χ4n) is 2.52. The quantitative estimate of drug-likeness (QED) is 0.848. The molecule has 4 nitrogen and oxygen atoms in total. The average molecular weight is 282 g/mol. The maximum Gasteiger partial charge on any atom is 0.243 e. The van der Waals surface area contributed by atoms with E-state index in [1.165, 1.54) is 0 Å². The van der Waals surface area contributed by atoms with Gasteiger partial charge in [-0.2, -0.15) is 4.31 Å². The van der Waals surface area contributed by atoms with Gasteiger partial charge in [-0.05, 0) is 44.4 Å². The van der Waals surface area contributed by atoms with Gasteiger partial charge in [-0.1, -0.05) is 18.9 Å². The second kappa shape index (κ2) is 5.51. The van der Waals surface area contributed by atoms with E-state index < -0.39 is 10.0 Å². The zero-order chi connectivity index (χ0) is 14.0. The van der Waals surface area contributed by atoms with Crippen LogP contribution in [0, 0.1) is 6.92 Å². The van der Waals surface area contributed by atoms with Crippen LogP contribution in [0.3, 0.4) is 0 Å². The van der Waals surface area contributed by atoms with Gasteiger partial charge in [0.1, 0.15) is 0 Å². The molecule has 1 saturated heterocycles. The molecule has 1 aromatic rings. The minimum absolute atomic E-state index is 0.0648. The summed E-state index contributed by atoms with van der Waals surface area (Å²) in [5.74, 6) is 0. The lowest BCUT2D eigenvalue weighted by Crippen LogP contribution is -2.38. The van der Waals surface area contributed by atoms with E-state index in [4.69, 9.17) is 5.73 Å². The number of benzene rings is 1. The van der Waals surface area contributed by atoms with Crippen LogP contribution >= 0.6 is 0 Å². The van der Waals surface area contributed by atoms with Gasteiger partial charge in [0.15, 0.2) is 0 Å². The zero-order valence-corrected chi connectivity index (χ0v) is 12.4. The Hall–Kier alpha value is -1.07. The van der Waals surface area contributed by atoms with Crippen LogP contribution in [-0.2, 0) is 10.0 Å². The van der Waals surface area contributed by atoms with E-state index in [2.05, 4.69) is 0 Å². The fraction of sp³-hybridized carbons (Fsp3) is 0.571. The number of hydrogen-bond donors (Lipinski definition) is 1. The molecule has 2 N–H and O–H groups in total. The average Bonchev–Trinajstić information content (AvgIpc) is 2.57. The Kier molecular flexibility index (Phi) is 4.16. The normalized spacial score (nSPS) is 22.1. The molecule has 0 saturated carbocycles. The number of hydrogen-bond acceptors (Lipinski definition) is 3. The van der Waals surface area contributed by atoms with Crippen LogP contribution in [0.15, 0.2) is 23.1 Å². The second-order valence-electron chi connectivity index (χ2n) is 5.33. The van der Waals surface area contributed by atoms with Gasteiger partial charge in [-0.15, -0.1) is 0 Å². The highest BCUT2D eigenvalue weighted by atomic mass is 32.2. The first-order chi connectivity index (χ1) is 8.93. The van der Waals surface area contributed by atoms with Gasteiger partial charge >= 0.3 is 0 Å². The summed E-state index contributed by atoms with van der Waals surface area (Å²) in [7, 11) is -3.42. The van der Waals surface area contributed by atoms with Crippen molar-refractivity contribution >= 4 is 15.7 Å². The van der Waals surface area contributed by atoms with Crippen molar-refractivity contribution in [1.82, 2.24) is 4.31 Å². The van der Waals surface area contributed by atoms with Crippen LogP contribution in [0.5, 0.6) is 0 Å². The van der Waals surface area contributed by atoms with Gasteiger partial charge in [0, 0.05) is 18.3 Å². The minimum atomic E-state index is -3.42. The molecule has 0 bridgehead atoms. The molecule has 0 aromatic heterocycles. The third-order valence-corrected chi connectivity index (χ3v) is 5.86. The summed E-state index contributed by atoms with van der Waals surface area (Å²) in [6.45, 7) is 4.47. The third kappa shape index (κ3) is 2.92. The summed E-state index contributed by atoms with van der Waals surface area (Å²) in [4.78, 5) is 0.310. The number of nitrogens with zero attached hydrogens (tertiary/aromatic N) is 1. The highest BCUT2D eigenvalue weighted by molar-refractivity contribution is 7.89. The topological polar surface area (TPSA) is 63.4 Å². The van der Waals surface area contributed by atoms with Gasteiger partial charge in [0.05, 0.1) is 4.90 Å². The number of rotatable bonds is 2. The Morgan fingerprint density at radius 2 is 2.00 bits per heavy atom. The highest BCUT2D eigenvalue weighted by Crippen LogP contribution is 2.26. The summed E-state index contributed by atoms with van der Waals surface area (Å²) in [6, 6.07) is 5.06.